The third-order valence-electron chi connectivity index (χ3n) is 10.7. The van der Waals surface area contributed by atoms with Crippen molar-refractivity contribution >= 4 is 51.5 Å². The predicted octanol–water partition coefficient (Wildman–Crippen LogP) is 3.44. The second kappa shape index (κ2) is 15.9. The van der Waals surface area contributed by atoms with Gasteiger partial charge in [0.05, 0.1) is 30.6 Å². The van der Waals surface area contributed by atoms with Crippen molar-refractivity contribution in [1.82, 2.24) is 19.5 Å². The van der Waals surface area contributed by atoms with E-state index in [1.165, 1.54) is 0 Å². The molecule has 15 nitrogen and oxygen atoms in total. The van der Waals surface area contributed by atoms with Crippen LogP contribution in [0.25, 0.3) is 10.9 Å². The molecule has 56 heavy (non-hydrogen) atoms. The zero-order valence-electron chi connectivity index (χ0n) is 31.8. The zero-order chi connectivity index (χ0) is 39.2. The first-order valence-corrected chi connectivity index (χ1v) is 21.0. The maximum Gasteiger partial charge on any atom is 0.431 e. The van der Waals surface area contributed by atoms with Crippen LogP contribution in [0.15, 0.2) is 78.9 Å². The van der Waals surface area contributed by atoms with E-state index in [1.54, 1.807) is 11.4 Å². The second-order valence-electron chi connectivity index (χ2n) is 15.5. The number of rotatable bonds is 16. The maximum absolute atomic E-state index is 15.4. The molecule has 1 aromatic heterocycles. The minimum absolute atomic E-state index is 0.0516. The van der Waals surface area contributed by atoms with Gasteiger partial charge in [0.2, 0.25) is 0 Å². The normalized spacial score (nSPS) is 23.1. The highest BCUT2D eigenvalue weighted by atomic mass is 31.2. The van der Waals surface area contributed by atoms with Crippen molar-refractivity contribution in [2.24, 2.45) is 0 Å². The summed E-state index contributed by atoms with van der Waals surface area (Å²) < 4.78 is 45.4. The van der Waals surface area contributed by atoms with Crippen LogP contribution in [0.4, 0.5) is 10.6 Å². The fraction of sp³-hybridized carbons (Fsp3) is 0.459. The van der Waals surface area contributed by atoms with E-state index in [2.05, 4.69) is 12.1 Å². The summed E-state index contributed by atoms with van der Waals surface area (Å²) >= 11 is 0. The average molecular weight is 785 g/mol. The number of anilines is 1. The van der Waals surface area contributed by atoms with E-state index >= 15 is 4.79 Å². The van der Waals surface area contributed by atoms with Gasteiger partial charge in [-0.3, -0.25) is 9.16 Å². The largest absolute Gasteiger partial charge is 0.431 e. The Morgan fingerprint density at radius 3 is 2.02 bits per heavy atom. The third-order valence-corrected chi connectivity index (χ3v) is 11.2. The summed E-state index contributed by atoms with van der Waals surface area (Å²) in [6.07, 6.45) is -0.365. The first-order chi connectivity index (χ1) is 26.8. The van der Waals surface area contributed by atoms with Crippen molar-refractivity contribution in [3.8, 4) is 0 Å². The summed E-state index contributed by atoms with van der Waals surface area (Å²) in [5.41, 5.74) is 3.67. The molecule has 294 valence electrons. The number of hydrogen-bond donors (Lipinski definition) is 3. The van der Waals surface area contributed by atoms with Gasteiger partial charge in [-0.15, -0.1) is 0 Å². The lowest BCUT2D eigenvalue weighted by atomic mass is 9.76. The Hall–Kier alpha value is -3.70. The Labute approximate surface area is 327 Å². The second-order valence-corrected chi connectivity index (χ2v) is 17.1. The van der Waals surface area contributed by atoms with Gasteiger partial charge >= 0.3 is 34.8 Å². The van der Waals surface area contributed by atoms with E-state index < -0.39 is 51.1 Å². The lowest BCUT2D eigenvalue weighted by molar-refractivity contribution is -0.157. The van der Waals surface area contributed by atoms with E-state index in [0.29, 0.717) is 38.1 Å². The molecule has 0 aliphatic carbocycles. The molecule has 4 aliphatic rings. The van der Waals surface area contributed by atoms with E-state index in [4.69, 9.17) is 28.6 Å². The van der Waals surface area contributed by atoms with E-state index in [0.717, 1.165) is 27.6 Å². The van der Waals surface area contributed by atoms with Gasteiger partial charge in [-0.1, -0.05) is 66.7 Å². The zero-order valence-corrected chi connectivity index (χ0v) is 32.7. The number of carbonyl (C=O) groups excluding carboxylic acids is 1. The van der Waals surface area contributed by atoms with Gasteiger partial charge in [0, 0.05) is 25.1 Å². The highest BCUT2D eigenvalue weighted by Crippen LogP contribution is 2.41. The number of carbonyl (C=O) groups is 1. The Morgan fingerprint density at radius 2 is 1.48 bits per heavy atom. The minimum atomic E-state index is -4.36. The fourth-order valence-electron chi connectivity index (χ4n) is 8.15. The fourth-order valence-corrected chi connectivity index (χ4v) is 8.52. The molecule has 0 radical (unpaired) electrons. The molecular formula is C37H47B3N5O10P. The SMILES string of the molecule is CB(O)n1nc(N(B2CO2)B2CO2)c2cc(CN3C(=O)N(CCCOCP(=O)(O)O)[C@H](Cc4ccccc4)[C@@H]4OC(C)(C)O[C@H]4[C@H]3Cc3ccccc3)ccc21. The number of amides is 2. The monoisotopic (exact) mass is 785 g/mol. The molecule has 2 amide bonds. The highest BCUT2D eigenvalue weighted by Gasteiger charge is 2.56. The Kier molecular flexibility index (Phi) is 11.1. The van der Waals surface area contributed by atoms with E-state index in [1.807, 2.05) is 95.1 Å². The van der Waals surface area contributed by atoms with Crippen molar-refractivity contribution < 1.29 is 47.7 Å². The van der Waals surface area contributed by atoms with Gasteiger partial charge in [-0.2, -0.15) is 5.10 Å². The smallest absolute Gasteiger partial charge is 0.431 e. The Morgan fingerprint density at radius 1 is 0.911 bits per heavy atom. The number of aromatic nitrogens is 2. The first kappa shape index (κ1) is 39.1. The molecule has 4 fully saturated rings. The molecule has 0 bridgehead atoms. The molecule has 0 spiro atoms. The molecule has 5 heterocycles. The summed E-state index contributed by atoms with van der Waals surface area (Å²) in [4.78, 5) is 37.9. The van der Waals surface area contributed by atoms with Crippen LogP contribution < -0.4 is 4.72 Å². The Balaban J connectivity index is 1.20. The molecule has 4 atom stereocenters. The van der Waals surface area contributed by atoms with Crippen LogP contribution in [0.2, 0.25) is 6.82 Å². The molecule has 4 aliphatic heterocycles. The Bertz CT molecular complexity index is 2040. The minimum Gasteiger partial charge on any atom is -0.431 e. The van der Waals surface area contributed by atoms with Crippen LogP contribution in [-0.4, -0.2) is 124 Å². The summed E-state index contributed by atoms with van der Waals surface area (Å²) in [6.45, 7) is 7.11. The van der Waals surface area contributed by atoms with Crippen molar-refractivity contribution in [2.75, 3.05) is 37.2 Å². The lowest BCUT2D eigenvalue weighted by Crippen LogP contribution is -2.52. The van der Waals surface area contributed by atoms with Crippen molar-refractivity contribution in [1.29, 1.82) is 0 Å². The molecule has 3 aromatic carbocycles. The summed E-state index contributed by atoms with van der Waals surface area (Å²) in [6, 6.07) is 24.9. The number of benzene rings is 3. The maximum atomic E-state index is 15.4. The number of ether oxygens (including phenoxy) is 3. The number of fused-ring (bicyclic) bond motifs is 2. The van der Waals surface area contributed by atoms with Crippen molar-refractivity contribution in [2.45, 2.75) is 76.6 Å². The first-order valence-electron chi connectivity index (χ1n) is 19.2. The summed E-state index contributed by atoms with van der Waals surface area (Å²) in [5, 5.41) is 16.4. The quantitative estimate of drug-likeness (QED) is 0.0655. The molecular weight excluding hydrogens is 738 g/mol. The molecule has 0 unspecified atom stereocenters. The molecule has 8 rings (SSSR count). The lowest BCUT2D eigenvalue weighted by Gasteiger charge is -2.37. The van der Waals surface area contributed by atoms with Crippen LogP contribution in [0, 0.1) is 0 Å². The highest BCUT2D eigenvalue weighted by molar-refractivity contribution is 7.51. The van der Waals surface area contributed by atoms with Gasteiger partial charge in [0.25, 0.3) is 0 Å². The van der Waals surface area contributed by atoms with Crippen LogP contribution in [0.5, 0.6) is 0 Å². The van der Waals surface area contributed by atoms with Gasteiger partial charge in [-0.05, 0) is 68.8 Å². The topological polar surface area (TPSA) is 175 Å². The molecule has 0 saturated carbocycles. The standard InChI is InChI=1S/C37H47B3N5O10P/c1-37(2)54-33-31(20-26-11-6-4-7-12-26)42(17-10-18-51-25-56(48,49)50)36(46)43(32(34(33)55-37)21-27-13-8-5-9-14-27)22-28-15-16-30-29(19-28)35(41-45(30)38(3)47)44(39-23-52-39)40-24-53-40/h4-9,11-16,19,31-34,47H,10,17-18,20-25H2,1-3H3,(H2,48,49,50)/t31-,32-,33+,34+/m1/s1. The molecule has 4 saturated heterocycles. The van der Waals surface area contributed by atoms with E-state index in [-0.39, 0.29) is 39.8 Å². The van der Waals surface area contributed by atoms with Crippen LogP contribution >= 0.6 is 7.60 Å². The average Bonchev–Trinajstić information content (AvgIpc) is 4.10. The predicted molar refractivity (Wildman–Crippen MR) is 212 cm³/mol. The van der Waals surface area contributed by atoms with Crippen LogP contribution in [0.3, 0.4) is 0 Å². The van der Waals surface area contributed by atoms with Crippen molar-refractivity contribution in [3.63, 3.8) is 0 Å². The van der Waals surface area contributed by atoms with Crippen LogP contribution in [-0.2, 0) is 47.5 Å². The molecule has 4 aromatic rings. The molecule has 19 heteroatoms. The van der Waals surface area contributed by atoms with Crippen molar-refractivity contribution in [3.05, 3.63) is 95.6 Å². The number of nitrogens with zero attached hydrogens (tertiary/aromatic N) is 5. The third kappa shape index (κ3) is 8.74. The van der Waals surface area contributed by atoms with Gasteiger partial charge in [0.15, 0.2) is 5.79 Å². The van der Waals surface area contributed by atoms with Gasteiger partial charge in [-0.25, -0.2) is 4.79 Å². The van der Waals surface area contributed by atoms with E-state index in [9.17, 15) is 19.4 Å². The summed E-state index contributed by atoms with van der Waals surface area (Å²) in [5.74, 6) is -0.295. The number of hydrogen-bond acceptors (Lipinski definition) is 10. The summed E-state index contributed by atoms with van der Waals surface area (Å²) in [7, 11) is -5.59. The molecule has 3 N–H and O–H groups in total. The van der Waals surface area contributed by atoms with Crippen LogP contribution in [0.1, 0.15) is 37.0 Å². The van der Waals surface area contributed by atoms with Gasteiger partial charge in [0.1, 0.15) is 24.4 Å². The van der Waals surface area contributed by atoms with Gasteiger partial charge < -0.3 is 52.9 Å². The number of urea groups is 1.